The van der Waals surface area contributed by atoms with Crippen LogP contribution in [0.4, 0.5) is 0 Å². The average Bonchev–Trinajstić information content (AvgIpc) is 2.72. The number of rotatable bonds is 3. The number of hydrogen-bond acceptors (Lipinski definition) is 4. The normalized spacial score (nSPS) is 27.4. The molecule has 0 unspecified atom stereocenters. The zero-order valence-corrected chi connectivity index (χ0v) is 8.87. The maximum Gasteiger partial charge on any atom is 0.0938 e. The number of β-amino-alcohol motifs (C(OH)–C–C–N with tert-alkyl or cyclic N) is 2. The topological polar surface area (TPSA) is 61.5 Å². The summed E-state index contributed by atoms with van der Waals surface area (Å²) in [6.07, 6.45) is 1.51. The quantitative estimate of drug-likeness (QED) is 0.673. The first-order valence-corrected chi connectivity index (χ1v) is 5.22. The van der Waals surface area contributed by atoms with E-state index < -0.39 is 12.2 Å². The molecule has 0 bridgehead atoms. The van der Waals surface area contributed by atoms with Gasteiger partial charge >= 0.3 is 0 Å². The summed E-state index contributed by atoms with van der Waals surface area (Å²) >= 11 is 0. The molecule has 1 aromatic rings. The first kappa shape index (κ1) is 10.6. The number of aliphatic hydroxyl groups excluding tert-OH is 2. The fourth-order valence-corrected chi connectivity index (χ4v) is 1.95. The Labute approximate surface area is 88.9 Å². The van der Waals surface area contributed by atoms with Gasteiger partial charge in [0.2, 0.25) is 0 Å². The Balaban J connectivity index is 1.82. The monoisotopic (exact) mass is 211 g/mol. The molecule has 1 aliphatic heterocycles. The fraction of sp³-hybridized carbons (Fsp3) is 0.700. The zero-order valence-electron chi connectivity index (χ0n) is 8.87. The van der Waals surface area contributed by atoms with Gasteiger partial charge in [-0.2, -0.15) is 5.10 Å². The van der Waals surface area contributed by atoms with E-state index in [1.54, 1.807) is 6.20 Å². The third-order valence-electron chi connectivity index (χ3n) is 2.94. The van der Waals surface area contributed by atoms with Crippen molar-refractivity contribution in [3.8, 4) is 0 Å². The van der Waals surface area contributed by atoms with Gasteiger partial charge in [-0.05, 0) is 6.07 Å². The summed E-state index contributed by atoms with van der Waals surface area (Å²) < 4.78 is 1.85. The molecule has 1 aromatic heterocycles. The molecule has 0 aromatic carbocycles. The highest BCUT2D eigenvalue weighted by atomic mass is 16.3. The summed E-state index contributed by atoms with van der Waals surface area (Å²) in [5.74, 6) is 0. The number of likely N-dealkylation sites (tertiary alicyclic amines) is 1. The van der Waals surface area contributed by atoms with Gasteiger partial charge in [0.05, 0.1) is 12.2 Å². The van der Waals surface area contributed by atoms with Gasteiger partial charge in [-0.15, -0.1) is 0 Å². The first-order chi connectivity index (χ1) is 7.16. The highest BCUT2D eigenvalue weighted by molar-refractivity contribution is 5.00. The van der Waals surface area contributed by atoms with Gasteiger partial charge in [0, 0.05) is 45.0 Å². The molecule has 84 valence electrons. The predicted molar refractivity (Wildman–Crippen MR) is 55.4 cm³/mol. The van der Waals surface area contributed by atoms with Crippen molar-refractivity contribution in [2.45, 2.75) is 18.6 Å². The van der Waals surface area contributed by atoms with E-state index in [0.29, 0.717) is 13.1 Å². The molecule has 1 fully saturated rings. The van der Waals surface area contributed by atoms with Crippen LogP contribution in [-0.4, -0.2) is 56.7 Å². The van der Waals surface area contributed by atoms with E-state index in [4.69, 9.17) is 0 Å². The summed E-state index contributed by atoms with van der Waals surface area (Å²) in [6.45, 7) is 1.99. The molecule has 2 atom stereocenters. The number of aliphatic hydroxyl groups is 2. The van der Waals surface area contributed by atoms with Gasteiger partial charge < -0.3 is 10.2 Å². The molecule has 5 heteroatoms. The molecule has 0 amide bonds. The van der Waals surface area contributed by atoms with Gasteiger partial charge in [-0.3, -0.25) is 9.58 Å². The van der Waals surface area contributed by atoms with Crippen LogP contribution in [0.5, 0.6) is 0 Å². The van der Waals surface area contributed by atoms with E-state index in [0.717, 1.165) is 13.0 Å². The second-order valence-corrected chi connectivity index (χ2v) is 4.09. The van der Waals surface area contributed by atoms with Crippen LogP contribution >= 0.6 is 0 Å². The minimum Gasteiger partial charge on any atom is -0.389 e. The Morgan fingerprint density at radius 1 is 1.40 bits per heavy atom. The largest absolute Gasteiger partial charge is 0.389 e. The van der Waals surface area contributed by atoms with Crippen LogP contribution in [0.15, 0.2) is 12.3 Å². The Morgan fingerprint density at radius 2 is 2.07 bits per heavy atom. The lowest BCUT2D eigenvalue weighted by Gasteiger charge is -2.14. The molecule has 15 heavy (non-hydrogen) atoms. The summed E-state index contributed by atoms with van der Waals surface area (Å²) in [6, 6.07) is 1.99. The Morgan fingerprint density at radius 3 is 2.60 bits per heavy atom. The predicted octanol–water partition coefficient (Wildman–Crippen LogP) is -1.00. The maximum absolute atomic E-state index is 9.37. The lowest BCUT2D eigenvalue weighted by molar-refractivity contribution is 0.0572. The SMILES string of the molecule is Cn1nccc1CCN1C[C@@H](O)[C@@H](O)C1. The zero-order chi connectivity index (χ0) is 10.8. The molecule has 2 heterocycles. The minimum atomic E-state index is -0.587. The Bertz CT molecular complexity index is 316. The Hall–Kier alpha value is -0.910. The van der Waals surface area contributed by atoms with E-state index in [-0.39, 0.29) is 0 Å². The van der Waals surface area contributed by atoms with Crippen molar-refractivity contribution in [3.05, 3.63) is 18.0 Å². The molecule has 2 rings (SSSR count). The van der Waals surface area contributed by atoms with Gasteiger partial charge in [-0.25, -0.2) is 0 Å². The summed E-state index contributed by atoms with van der Waals surface area (Å²) in [5, 5.41) is 22.8. The van der Waals surface area contributed by atoms with Crippen LogP contribution < -0.4 is 0 Å². The maximum atomic E-state index is 9.37. The van der Waals surface area contributed by atoms with E-state index in [1.165, 1.54) is 5.69 Å². The molecule has 1 aliphatic rings. The van der Waals surface area contributed by atoms with Crippen molar-refractivity contribution < 1.29 is 10.2 Å². The van der Waals surface area contributed by atoms with Crippen molar-refractivity contribution in [1.82, 2.24) is 14.7 Å². The third-order valence-corrected chi connectivity index (χ3v) is 2.94. The van der Waals surface area contributed by atoms with Crippen LogP contribution in [0.1, 0.15) is 5.69 Å². The van der Waals surface area contributed by atoms with Crippen molar-refractivity contribution in [3.63, 3.8) is 0 Å². The lowest BCUT2D eigenvalue weighted by atomic mass is 10.3. The van der Waals surface area contributed by atoms with Gasteiger partial charge in [-0.1, -0.05) is 0 Å². The summed E-state index contributed by atoms with van der Waals surface area (Å²) in [4.78, 5) is 2.07. The second kappa shape index (κ2) is 4.30. The Kier molecular flexibility index (Phi) is 3.04. The molecular formula is C10H17N3O2. The van der Waals surface area contributed by atoms with E-state index in [1.807, 2.05) is 17.8 Å². The number of aryl methyl sites for hydroxylation is 1. The molecule has 0 spiro atoms. The average molecular weight is 211 g/mol. The van der Waals surface area contributed by atoms with Crippen molar-refractivity contribution in [2.24, 2.45) is 7.05 Å². The highest BCUT2D eigenvalue weighted by Gasteiger charge is 2.28. The van der Waals surface area contributed by atoms with E-state index in [2.05, 4.69) is 10.00 Å². The van der Waals surface area contributed by atoms with Crippen molar-refractivity contribution >= 4 is 0 Å². The van der Waals surface area contributed by atoms with Crippen LogP contribution in [-0.2, 0) is 13.5 Å². The molecule has 0 saturated carbocycles. The summed E-state index contributed by atoms with van der Waals surface area (Å²) in [7, 11) is 1.92. The molecule has 0 radical (unpaired) electrons. The number of nitrogens with zero attached hydrogens (tertiary/aromatic N) is 3. The third kappa shape index (κ3) is 2.37. The first-order valence-electron chi connectivity index (χ1n) is 5.22. The molecule has 2 N–H and O–H groups in total. The van der Waals surface area contributed by atoms with Gasteiger partial charge in [0.15, 0.2) is 0 Å². The van der Waals surface area contributed by atoms with Crippen LogP contribution in [0, 0.1) is 0 Å². The molecule has 5 nitrogen and oxygen atoms in total. The number of hydrogen-bond donors (Lipinski definition) is 2. The van der Waals surface area contributed by atoms with E-state index >= 15 is 0 Å². The van der Waals surface area contributed by atoms with Gasteiger partial charge in [0.25, 0.3) is 0 Å². The molecule has 0 aliphatic carbocycles. The smallest absolute Gasteiger partial charge is 0.0938 e. The van der Waals surface area contributed by atoms with Gasteiger partial charge in [0.1, 0.15) is 0 Å². The van der Waals surface area contributed by atoms with Crippen LogP contribution in [0.3, 0.4) is 0 Å². The van der Waals surface area contributed by atoms with Crippen LogP contribution in [0.2, 0.25) is 0 Å². The lowest BCUT2D eigenvalue weighted by Crippen LogP contribution is -2.25. The van der Waals surface area contributed by atoms with Crippen molar-refractivity contribution in [1.29, 1.82) is 0 Å². The van der Waals surface area contributed by atoms with E-state index in [9.17, 15) is 10.2 Å². The van der Waals surface area contributed by atoms with Crippen molar-refractivity contribution in [2.75, 3.05) is 19.6 Å². The second-order valence-electron chi connectivity index (χ2n) is 4.09. The standard InChI is InChI=1S/C10H17N3O2/c1-12-8(2-4-11-12)3-5-13-6-9(14)10(15)7-13/h2,4,9-10,14-15H,3,5-7H2,1H3/t9-,10+. The molecule has 1 saturated heterocycles. The fourth-order valence-electron chi connectivity index (χ4n) is 1.95. The highest BCUT2D eigenvalue weighted by Crippen LogP contribution is 2.10. The number of aromatic nitrogens is 2. The summed E-state index contributed by atoms with van der Waals surface area (Å²) in [5.41, 5.74) is 1.17. The minimum absolute atomic E-state index is 0.568. The molecular weight excluding hydrogens is 194 g/mol. The van der Waals surface area contributed by atoms with Crippen LogP contribution in [0.25, 0.3) is 0 Å².